The standard InChI is InChI=1S/C24H28O6/c1-26-20-9-6-19(7-10-20)8-15-23(25)30-22-13-11-21(12-14-22)27-17-4-18-29-24-5-2-3-16-28-24/h6-15,24H,2-5,16-18H2,1H3. The third kappa shape index (κ3) is 7.54. The van der Waals surface area contributed by atoms with Crippen LogP contribution in [0.3, 0.4) is 0 Å². The third-order valence-electron chi connectivity index (χ3n) is 4.57. The maximum absolute atomic E-state index is 12.0. The zero-order valence-electron chi connectivity index (χ0n) is 17.3. The van der Waals surface area contributed by atoms with Gasteiger partial charge in [-0.3, -0.25) is 0 Å². The molecule has 1 aliphatic rings. The average molecular weight is 412 g/mol. The highest BCUT2D eigenvalue weighted by atomic mass is 16.7. The van der Waals surface area contributed by atoms with Crippen LogP contribution in [0.15, 0.2) is 54.6 Å². The smallest absolute Gasteiger partial charge is 0.336 e. The largest absolute Gasteiger partial charge is 0.497 e. The Morgan fingerprint density at radius 3 is 2.43 bits per heavy atom. The Morgan fingerprint density at radius 2 is 1.73 bits per heavy atom. The molecule has 0 saturated carbocycles. The van der Waals surface area contributed by atoms with Crippen LogP contribution in [-0.4, -0.2) is 39.2 Å². The SMILES string of the molecule is COc1ccc(C=CC(=O)Oc2ccc(OCCCOC3CCCCO3)cc2)cc1. The number of rotatable bonds is 10. The van der Waals surface area contributed by atoms with E-state index in [2.05, 4.69) is 0 Å². The van der Waals surface area contributed by atoms with Crippen LogP contribution in [0.5, 0.6) is 17.2 Å². The predicted molar refractivity (Wildman–Crippen MR) is 114 cm³/mol. The van der Waals surface area contributed by atoms with Crippen LogP contribution >= 0.6 is 0 Å². The molecule has 6 heteroatoms. The van der Waals surface area contributed by atoms with Crippen LogP contribution in [0, 0.1) is 0 Å². The number of hydrogen-bond acceptors (Lipinski definition) is 6. The number of carbonyl (C=O) groups is 1. The predicted octanol–water partition coefficient (Wildman–Crippen LogP) is 4.63. The summed E-state index contributed by atoms with van der Waals surface area (Å²) in [7, 11) is 1.61. The second-order valence-electron chi connectivity index (χ2n) is 6.87. The number of benzene rings is 2. The van der Waals surface area contributed by atoms with Gasteiger partial charge in [-0.25, -0.2) is 4.79 Å². The zero-order valence-corrected chi connectivity index (χ0v) is 17.3. The van der Waals surface area contributed by atoms with Crippen molar-refractivity contribution < 1.29 is 28.5 Å². The van der Waals surface area contributed by atoms with E-state index in [1.807, 2.05) is 24.3 Å². The van der Waals surface area contributed by atoms with Crippen molar-refractivity contribution in [1.82, 2.24) is 0 Å². The van der Waals surface area contributed by atoms with Crippen LogP contribution in [0.2, 0.25) is 0 Å². The highest BCUT2D eigenvalue weighted by Gasteiger charge is 2.13. The van der Waals surface area contributed by atoms with Crippen LogP contribution in [0.4, 0.5) is 0 Å². The van der Waals surface area contributed by atoms with Crippen LogP contribution in [0.25, 0.3) is 6.08 Å². The zero-order chi connectivity index (χ0) is 21.0. The minimum Gasteiger partial charge on any atom is -0.497 e. The molecule has 1 heterocycles. The maximum Gasteiger partial charge on any atom is 0.336 e. The summed E-state index contributed by atoms with van der Waals surface area (Å²) in [4.78, 5) is 12.0. The number of ether oxygens (including phenoxy) is 5. The van der Waals surface area contributed by atoms with Crippen LogP contribution in [0.1, 0.15) is 31.2 Å². The van der Waals surface area contributed by atoms with Gasteiger partial charge in [0.05, 0.1) is 20.3 Å². The molecule has 1 aliphatic heterocycles. The van der Waals surface area contributed by atoms with Crippen LogP contribution in [-0.2, 0) is 14.3 Å². The van der Waals surface area contributed by atoms with Gasteiger partial charge in [0.1, 0.15) is 17.2 Å². The van der Waals surface area contributed by atoms with E-state index >= 15 is 0 Å². The van der Waals surface area contributed by atoms with Crippen molar-refractivity contribution in [2.24, 2.45) is 0 Å². The molecule has 0 bridgehead atoms. The highest BCUT2D eigenvalue weighted by molar-refractivity contribution is 5.88. The number of carbonyl (C=O) groups excluding carboxylic acids is 1. The van der Waals surface area contributed by atoms with Crippen molar-refractivity contribution >= 4 is 12.0 Å². The Kier molecular flexibility index (Phi) is 8.75. The molecule has 1 atom stereocenters. The summed E-state index contributed by atoms with van der Waals surface area (Å²) in [6.45, 7) is 1.95. The lowest BCUT2D eigenvalue weighted by atomic mass is 10.2. The van der Waals surface area contributed by atoms with Crippen molar-refractivity contribution in [1.29, 1.82) is 0 Å². The first-order valence-electron chi connectivity index (χ1n) is 10.2. The lowest BCUT2D eigenvalue weighted by Crippen LogP contribution is -2.23. The Hall–Kier alpha value is -2.83. The molecule has 0 aromatic heterocycles. The fraction of sp³-hybridized carbons (Fsp3) is 0.375. The first-order valence-corrected chi connectivity index (χ1v) is 10.2. The summed E-state index contributed by atoms with van der Waals surface area (Å²) in [5.74, 6) is 1.51. The topological polar surface area (TPSA) is 63.2 Å². The normalized spacial score (nSPS) is 16.4. The van der Waals surface area contributed by atoms with Gasteiger partial charge < -0.3 is 23.7 Å². The first-order chi connectivity index (χ1) is 14.7. The average Bonchev–Trinajstić information content (AvgIpc) is 2.79. The van der Waals surface area contributed by atoms with Gasteiger partial charge in [0.2, 0.25) is 0 Å². The second kappa shape index (κ2) is 12.0. The molecule has 30 heavy (non-hydrogen) atoms. The fourth-order valence-corrected chi connectivity index (χ4v) is 2.94. The monoisotopic (exact) mass is 412 g/mol. The van der Waals surface area contributed by atoms with E-state index in [0.717, 1.165) is 49.4 Å². The third-order valence-corrected chi connectivity index (χ3v) is 4.57. The van der Waals surface area contributed by atoms with Gasteiger partial charge in [0.25, 0.3) is 0 Å². The lowest BCUT2D eigenvalue weighted by Gasteiger charge is -2.22. The van der Waals surface area contributed by atoms with E-state index in [-0.39, 0.29) is 6.29 Å². The molecule has 0 amide bonds. The first kappa shape index (κ1) is 21.9. The molecule has 0 spiro atoms. The van der Waals surface area contributed by atoms with Gasteiger partial charge in [-0.05, 0) is 67.3 Å². The van der Waals surface area contributed by atoms with Crippen molar-refractivity contribution in [2.45, 2.75) is 32.0 Å². The molecular formula is C24H28O6. The summed E-state index contributed by atoms with van der Waals surface area (Å²) in [5, 5.41) is 0. The molecule has 6 nitrogen and oxygen atoms in total. The Bertz CT molecular complexity index is 791. The molecule has 160 valence electrons. The molecule has 0 N–H and O–H groups in total. The van der Waals surface area contributed by atoms with E-state index in [9.17, 15) is 4.79 Å². The molecule has 2 aromatic carbocycles. The van der Waals surface area contributed by atoms with Gasteiger partial charge in [0, 0.05) is 19.1 Å². The Balaban J connectivity index is 1.35. The van der Waals surface area contributed by atoms with E-state index in [0.29, 0.717) is 19.0 Å². The maximum atomic E-state index is 12.0. The van der Waals surface area contributed by atoms with Gasteiger partial charge in [0.15, 0.2) is 6.29 Å². The number of methoxy groups -OCH3 is 1. The molecular weight excluding hydrogens is 384 g/mol. The van der Waals surface area contributed by atoms with Gasteiger partial charge in [-0.15, -0.1) is 0 Å². The van der Waals surface area contributed by atoms with Crippen molar-refractivity contribution in [3.8, 4) is 17.2 Å². The lowest BCUT2D eigenvalue weighted by molar-refractivity contribution is -0.163. The van der Waals surface area contributed by atoms with E-state index in [1.54, 1.807) is 37.5 Å². The minimum absolute atomic E-state index is 0.0634. The van der Waals surface area contributed by atoms with Crippen molar-refractivity contribution in [2.75, 3.05) is 26.9 Å². The molecule has 1 saturated heterocycles. The molecule has 1 fully saturated rings. The minimum atomic E-state index is -0.443. The molecule has 3 rings (SSSR count). The highest BCUT2D eigenvalue weighted by Crippen LogP contribution is 2.19. The van der Waals surface area contributed by atoms with Gasteiger partial charge in [-0.2, -0.15) is 0 Å². The van der Waals surface area contributed by atoms with Crippen molar-refractivity contribution in [3.63, 3.8) is 0 Å². The molecule has 2 aromatic rings. The summed E-state index contributed by atoms with van der Waals surface area (Å²) < 4.78 is 27.3. The van der Waals surface area contributed by atoms with Gasteiger partial charge >= 0.3 is 5.97 Å². The second-order valence-corrected chi connectivity index (χ2v) is 6.87. The van der Waals surface area contributed by atoms with E-state index in [4.69, 9.17) is 23.7 Å². The number of hydrogen-bond donors (Lipinski definition) is 0. The fourth-order valence-electron chi connectivity index (χ4n) is 2.94. The van der Waals surface area contributed by atoms with Crippen LogP contribution < -0.4 is 14.2 Å². The summed E-state index contributed by atoms with van der Waals surface area (Å²) in [6, 6.07) is 14.4. The van der Waals surface area contributed by atoms with Gasteiger partial charge in [-0.1, -0.05) is 12.1 Å². The number of esters is 1. The molecule has 1 unspecified atom stereocenters. The summed E-state index contributed by atoms with van der Waals surface area (Å²) in [5.41, 5.74) is 0.885. The van der Waals surface area contributed by atoms with E-state index in [1.165, 1.54) is 6.08 Å². The Labute approximate surface area is 177 Å². The Morgan fingerprint density at radius 1 is 1.00 bits per heavy atom. The molecule has 0 aliphatic carbocycles. The summed E-state index contributed by atoms with van der Waals surface area (Å²) >= 11 is 0. The molecule has 0 radical (unpaired) electrons. The quantitative estimate of drug-likeness (QED) is 0.245. The summed E-state index contributed by atoms with van der Waals surface area (Å²) in [6.07, 6.45) is 7.06. The van der Waals surface area contributed by atoms with Crippen molar-refractivity contribution in [3.05, 3.63) is 60.2 Å². The van der Waals surface area contributed by atoms with E-state index < -0.39 is 5.97 Å².